The van der Waals surface area contributed by atoms with Crippen molar-refractivity contribution in [2.45, 2.75) is 12.7 Å². The third kappa shape index (κ3) is 3.09. The van der Waals surface area contributed by atoms with Gasteiger partial charge >= 0.3 is 0 Å². The first kappa shape index (κ1) is 16.4. The number of carbonyl (C=O) groups is 1. The summed E-state index contributed by atoms with van der Waals surface area (Å²) in [5.41, 5.74) is 2.24. The third-order valence-electron chi connectivity index (χ3n) is 4.35. The minimum absolute atomic E-state index is 0.227. The molecule has 0 unspecified atom stereocenters. The number of nitrogens with zero attached hydrogens (tertiary/aromatic N) is 2. The van der Waals surface area contributed by atoms with Gasteiger partial charge in [-0.3, -0.25) is 10.1 Å². The van der Waals surface area contributed by atoms with Crippen molar-refractivity contribution in [1.29, 1.82) is 0 Å². The van der Waals surface area contributed by atoms with Crippen molar-refractivity contribution in [1.82, 2.24) is 20.4 Å². The number of aromatic nitrogens is 2. The van der Waals surface area contributed by atoms with Crippen LogP contribution < -0.4 is 10.6 Å². The van der Waals surface area contributed by atoms with Crippen LogP contribution in [0, 0.1) is 11.6 Å². The van der Waals surface area contributed by atoms with Crippen LogP contribution in [-0.4, -0.2) is 22.2 Å². The van der Waals surface area contributed by atoms with E-state index in [0.29, 0.717) is 35.6 Å². The minimum atomic E-state index is -0.333. The van der Waals surface area contributed by atoms with E-state index in [4.69, 9.17) is 0 Å². The van der Waals surface area contributed by atoms with Crippen molar-refractivity contribution in [3.8, 4) is 11.3 Å². The van der Waals surface area contributed by atoms with Gasteiger partial charge in [-0.2, -0.15) is 5.10 Å². The molecule has 4 rings (SSSR count). The monoisotopic (exact) mass is 354 g/mol. The van der Waals surface area contributed by atoms with E-state index in [-0.39, 0.29) is 23.7 Å². The second kappa shape index (κ2) is 6.68. The molecule has 0 fully saturated rings. The van der Waals surface area contributed by atoms with E-state index in [0.717, 1.165) is 0 Å². The zero-order valence-electron chi connectivity index (χ0n) is 13.7. The first-order valence-electron chi connectivity index (χ1n) is 8.22. The smallest absolute Gasteiger partial charge is 0.269 e. The highest BCUT2D eigenvalue weighted by molar-refractivity contribution is 5.94. The molecule has 2 aromatic carbocycles. The molecule has 1 atom stereocenters. The maximum absolute atomic E-state index is 13.8. The maximum Gasteiger partial charge on any atom is 0.269 e. The van der Waals surface area contributed by atoms with E-state index in [9.17, 15) is 13.6 Å². The molecular formula is C19H16F2N4O. The van der Waals surface area contributed by atoms with Crippen LogP contribution in [0.5, 0.6) is 0 Å². The van der Waals surface area contributed by atoms with Gasteiger partial charge in [-0.25, -0.2) is 13.5 Å². The highest BCUT2D eigenvalue weighted by atomic mass is 19.1. The molecule has 0 radical (unpaired) electrons. The summed E-state index contributed by atoms with van der Waals surface area (Å²) in [5, 5.41) is 10.5. The Morgan fingerprint density at radius 3 is 2.69 bits per heavy atom. The van der Waals surface area contributed by atoms with Crippen molar-refractivity contribution in [2.75, 3.05) is 6.54 Å². The third-order valence-corrected chi connectivity index (χ3v) is 4.35. The summed E-state index contributed by atoms with van der Waals surface area (Å²) in [6.45, 7) is 0.642. The van der Waals surface area contributed by atoms with E-state index < -0.39 is 0 Å². The van der Waals surface area contributed by atoms with Gasteiger partial charge in [0, 0.05) is 17.7 Å². The van der Waals surface area contributed by atoms with Crippen molar-refractivity contribution in [3.63, 3.8) is 0 Å². The van der Waals surface area contributed by atoms with Crippen molar-refractivity contribution in [2.24, 2.45) is 0 Å². The van der Waals surface area contributed by atoms with Gasteiger partial charge in [0.05, 0.1) is 12.2 Å². The molecule has 1 aromatic heterocycles. The van der Waals surface area contributed by atoms with Crippen LogP contribution in [-0.2, 0) is 6.54 Å². The molecule has 2 N–H and O–H groups in total. The van der Waals surface area contributed by atoms with Crippen molar-refractivity contribution in [3.05, 3.63) is 77.5 Å². The van der Waals surface area contributed by atoms with Gasteiger partial charge in [-0.15, -0.1) is 0 Å². The lowest BCUT2D eigenvalue weighted by Crippen LogP contribution is -2.45. The zero-order chi connectivity index (χ0) is 18.1. The topological polar surface area (TPSA) is 59.0 Å². The van der Waals surface area contributed by atoms with Crippen LogP contribution in [0.3, 0.4) is 0 Å². The molecule has 5 nitrogen and oxygen atoms in total. The van der Waals surface area contributed by atoms with Gasteiger partial charge in [-0.1, -0.05) is 18.2 Å². The summed E-state index contributed by atoms with van der Waals surface area (Å²) >= 11 is 0. The molecule has 0 saturated heterocycles. The molecule has 1 aliphatic heterocycles. The summed E-state index contributed by atoms with van der Waals surface area (Å²) in [6, 6.07) is 14.1. The molecular weight excluding hydrogens is 338 g/mol. The highest BCUT2D eigenvalue weighted by Gasteiger charge is 2.27. The molecule has 7 heteroatoms. The van der Waals surface area contributed by atoms with E-state index in [1.807, 2.05) is 0 Å². The van der Waals surface area contributed by atoms with Gasteiger partial charge in [0.1, 0.15) is 23.5 Å². The number of carbonyl (C=O) groups excluding carboxylic acids is 1. The van der Waals surface area contributed by atoms with Crippen LogP contribution >= 0.6 is 0 Å². The SMILES string of the molecule is O=C1NC[C@@H](NCc2ccccc2F)n2nc(-c3ccc(F)cc3)cc21. The summed E-state index contributed by atoms with van der Waals surface area (Å²) in [6.07, 6.45) is -0.309. The average molecular weight is 354 g/mol. The Labute approximate surface area is 148 Å². The molecule has 1 aliphatic rings. The Bertz CT molecular complexity index is 952. The molecule has 0 saturated carbocycles. The van der Waals surface area contributed by atoms with Crippen LogP contribution in [0.1, 0.15) is 22.2 Å². The number of benzene rings is 2. The van der Waals surface area contributed by atoms with Gasteiger partial charge in [-0.05, 0) is 36.4 Å². The summed E-state index contributed by atoms with van der Waals surface area (Å²) in [4.78, 5) is 12.1. The number of amides is 1. The van der Waals surface area contributed by atoms with E-state index in [1.54, 1.807) is 41.1 Å². The summed E-state index contributed by atoms with van der Waals surface area (Å²) < 4.78 is 28.5. The molecule has 0 aliphatic carbocycles. The van der Waals surface area contributed by atoms with E-state index >= 15 is 0 Å². The Balaban J connectivity index is 1.60. The molecule has 1 amide bonds. The first-order valence-corrected chi connectivity index (χ1v) is 8.22. The molecule has 2 heterocycles. The normalized spacial score (nSPS) is 16.2. The van der Waals surface area contributed by atoms with Gasteiger partial charge in [0.15, 0.2) is 0 Å². The predicted octanol–water partition coefficient (Wildman–Crippen LogP) is 2.86. The van der Waals surface area contributed by atoms with Crippen LogP contribution in [0.2, 0.25) is 0 Å². The molecule has 0 bridgehead atoms. The fourth-order valence-corrected chi connectivity index (χ4v) is 2.96. The van der Waals surface area contributed by atoms with Crippen LogP contribution in [0.25, 0.3) is 11.3 Å². The summed E-state index contributed by atoms with van der Waals surface area (Å²) in [5.74, 6) is -0.845. The first-order chi connectivity index (χ1) is 12.6. The Hall–Kier alpha value is -3.06. The van der Waals surface area contributed by atoms with Crippen molar-refractivity contribution >= 4 is 5.91 Å². The fourth-order valence-electron chi connectivity index (χ4n) is 2.96. The average Bonchev–Trinajstić information content (AvgIpc) is 3.09. The lowest BCUT2D eigenvalue weighted by atomic mass is 10.1. The fraction of sp³-hybridized carbons (Fsp3) is 0.158. The van der Waals surface area contributed by atoms with Gasteiger partial charge < -0.3 is 5.32 Å². The molecule has 0 spiro atoms. The standard InChI is InChI=1S/C19H16F2N4O/c20-14-7-5-12(6-8-14)16-9-17-19(26)23-11-18(25(17)24-16)22-10-13-3-1-2-4-15(13)21/h1-9,18,22H,10-11H2,(H,23,26)/t18-/m0/s1. The lowest BCUT2D eigenvalue weighted by molar-refractivity contribution is 0.0900. The number of nitrogens with one attached hydrogen (secondary N) is 2. The molecule has 132 valence electrons. The number of rotatable bonds is 4. The molecule has 3 aromatic rings. The van der Waals surface area contributed by atoms with Crippen LogP contribution in [0.4, 0.5) is 8.78 Å². The maximum atomic E-state index is 13.8. The molecule has 26 heavy (non-hydrogen) atoms. The second-order valence-corrected chi connectivity index (χ2v) is 6.06. The van der Waals surface area contributed by atoms with E-state index in [1.165, 1.54) is 18.2 Å². The van der Waals surface area contributed by atoms with Gasteiger partial charge in [0.25, 0.3) is 5.91 Å². The second-order valence-electron chi connectivity index (χ2n) is 6.06. The lowest BCUT2D eigenvalue weighted by Gasteiger charge is -2.25. The predicted molar refractivity (Wildman–Crippen MR) is 92.2 cm³/mol. The Morgan fingerprint density at radius 2 is 1.92 bits per heavy atom. The van der Waals surface area contributed by atoms with Crippen LogP contribution in [0.15, 0.2) is 54.6 Å². The number of hydrogen-bond donors (Lipinski definition) is 2. The van der Waals surface area contributed by atoms with Gasteiger partial charge in [0.2, 0.25) is 0 Å². The number of hydrogen-bond acceptors (Lipinski definition) is 3. The Kier molecular flexibility index (Phi) is 4.22. The minimum Gasteiger partial charge on any atom is -0.347 e. The largest absolute Gasteiger partial charge is 0.347 e. The quantitative estimate of drug-likeness (QED) is 0.757. The highest BCUT2D eigenvalue weighted by Crippen LogP contribution is 2.23. The van der Waals surface area contributed by atoms with E-state index in [2.05, 4.69) is 15.7 Å². The zero-order valence-corrected chi connectivity index (χ0v) is 13.7. The van der Waals surface area contributed by atoms with Crippen molar-refractivity contribution < 1.29 is 13.6 Å². The number of halogens is 2. The summed E-state index contributed by atoms with van der Waals surface area (Å²) in [7, 11) is 0. The number of fused-ring (bicyclic) bond motifs is 1. The Morgan fingerprint density at radius 1 is 1.15 bits per heavy atom.